The molecule has 0 spiro atoms. The minimum Gasteiger partial charge on any atom is -0.469 e. The summed E-state index contributed by atoms with van der Waals surface area (Å²) in [6, 6.07) is 21.9. The molecule has 3 heteroatoms. The van der Waals surface area contributed by atoms with Crippen molar-refractivity contribution in [2.45, 2.75) is 90.1 Å². The highest BCUT2D eigenvalue weighted by Crippen LogP contribution is 2.41. The fourth-order valence-electron chi connectivity index (χ4n) is 6.34. The first-order valence-electron chi connectivity index (χ1n) is 14.5. The van der Waals surface area contributed by atoms with E-state index in [0.717, 1.165) is 49.7 Å². The van der Waals surface area contributed by atoms with E-state index in [2.05, 4.69) is 82.3 Å². The maximum atomic E-state index is 11.8. The van der Waals surface area contributed by atoms with Crippen LogP contribution < -0.4 is 0 Å². The number of hydrogen-bond acceptors (Lipinski definition) is 3. The predicted molar refractivity (Wildman–Crippen MR) is 162 cm³/mol. The van der Waals surface area contributed by atoms with Crippen LogP contribution in [0.15, 0.2) is 66.7 Å². The summed E-state index contributed by atoms with van der Waals surface area (Å²) in [5.74, 6) is -0.225. The van der Waals surface area contributed by atoms with Gasteiger partial charge in [0.25, 0.3) is 0 Å². The quantitative estimate of drug-likeness (QED) is 0.285. The Balaban J connectivity index is 1.64. The molecular formula is C36H44O3. The zero-order valence-electron chi connectivity index (χ0n) is 24.3. The fourth-order valence-corrected chi connectivity index (χ4v) is 6.34. The molecule has 206 valence electrons. The van der Waals surface area contributed by atoms with Crippen molar-refractivity contribution in [2.75, 3.05) is 7.11 Å². The van der Waals surface area contributed by atoms with Crippen LogP contribution in [0.5, 0.6) is 0 Å². The van der Waals surface area contributed by atoms with E-state index in [1.165, 1.54) is 46.9 Å². The van der Waals surface area contributed by atoms with Gasteiger partial charge in [-0.3, -0.25) is 4.79 Å². The number of methoxy groups -OCH3 is 1. The molecule has 1 fully saturated rings. The maximum absolute atomic E-state index is 11.8. The van der Waals surface area contributed by atoms with E-state index in [0.29, 0.717) is 0 Å². The highest BCUT2D eigenvalue weighted by Gasteiger charge is 2.31. The monoisotopic (exact) mass is 524 g/mol. The summed E-state index contributed by atoms with van der Waals surface area (Å²) in [6.45, 7) is 8.92. The van der Waals surface area contributed by atoms with Crippen molar-refractivity contribution in [3.63, 3.8) is 0 Å². The molecule has 0 amide bonds. The average Bonchev–Trinajstić information content (AvgIpc) is 2.94. The molecule has 0 saturated heterocycles. The van der Waals surface area contributed by atoms with Crippen molar-refractivity contribution in [3.05, 3.63) is 100 Å². The molecule has 1 aliphatic rings. The van der Waals surface area contributed by atoms with Gasteiger partial charge in [0, 0.05) is 5.41 Å². The molecule has 3 aromatic carbocycles. The van der Waals surface area contributed by atoms with E-state index in [1.807, 2.05) is 18.2 Å². The first-order valence-corrected chi connectivity index (χ1v) is 14.5. The lowest BCUT2D eigenvalue weighted by molar-refractivity contribution is -0.139. The molecule has 0 radical (unpaired) electrons. The van der Waals surface area contributed by atoms with Gasteiger partial charge < -0.3 is 9.84 Å². The van der Waals surface area contributed by atoms with Crippen LogP contribution in [0.1, 0.15) is 92.2 Å². The van der Waals surface area contributed by atoms with Crippen LogP contribution >= 0.6 is 0 Å². The summed E-state index contributed by atoms with van der Waals surface area (Å²) in [5.41, 5.74) is 8.84. The second-order valence-electron chi connectivity index (χ2n) is 11.3. The topological polar surface area (TPSA) is 46.5 Å². The van der Waals surface area contributed by atoms with Crippen LogP contribution in [-0.2, 0) is 21.4 Å². The third kappa shape index (κ3) is 6.36. The predicted octanol–water partition coefficient (Wildman–Crippen LogP) is 8.50. The van der Waals surface area contributed by atoms with Crippen molar-refractivity contribution in [2.24, 2.45) is 0 Å². The number of carbonyl (C=O) groups excluding carboxylic acids is 1. The molecule has 1 aliphatic carbocycles. The minimum atomic E-state index is -0.655. The average molecular weight is 525 g/mol. The van der Waals surface area contributed by atoms with Crippen molar-refractivity contribution in [3.8, 4) is 11.1 Å². The Bertz CT molecular complexity index is 1320. The first kappa shape index (κ1) is 28.8. The number of aliphatic hydroxyl groups is 1. The van der Waals surface area contributed by atoms with Gasteiger partial charge in [-0.2, -0.15) is 0 Å². The standard InChI is InChI=1S/C36H44O3/c1-6-36(7-2,31-15-14-29(26(3)22-31)18-21-35(38)19-9-8-10-20-35)32-16-17-33(27(4)23-32)30-13-11-12-28(24-30)25-34(37)39-5/h11-18,21-24,38H,6-10,19-20,25H2,1-5H3/b21-18+. The van der Waals surface area contributed by atoms with Gasteiger partial charge in [0.15, 0.2) is 0 Å². The van der Waals surface area contributed by atoms with Crippen LogP contribution in [0.2, 0.25) is 0 Å². The molecule has 0 unspecified atom stereocenters. The number of benzene rings is 3. The number of aryl methyl sites for hydroxylation is 2. The van der Waals surface area contributed by atoms with Crippen LogP contribution in [-0.4, -0.2) is 23.8 Å². The Hall–Kier alpha value is -3.17. The highest BCUT2D eigenvalue weighted by molar-refractivity contribution is 5.74. The Labute approximate surface area is 234 Å². The fraction of sp³-hybridized carbons (Fsp3) is 0.417. The van der Waals surface area contributed by atoms with Crippen LogP contribution in [0, 0.1) is 13.8 Å². The number of hydrogen-bond donors (Lipinski definition) is 1. The summed E-state index contributed by atoms with van der Waals surface area (Å²) in [7, 11) is 1.43. The van der Waals surface area contributed by atoms with Crippen LogP contribution in [0.25, 0.3) is 17.2 Å². The Morgan fingerprint density at radius 3 is 2.21 bits per heavy atom. The zero-order valence-corrected chi connectivity index (χ0v) is 24.3. The maximum Gasteiger partial charge on any atom is 0.309 e. The van der Waals surface area contributed by atoms with Gasteiger partial charge in [-0.15, -0.1) is 0 Å². The molecule has 1 saturated carbocycles. The third-order valence-corrected chi connectivity index (χ3v) is 8.92. The van der Waals surface area contributed by atoms with Crippen molar-refractivity contribution >= 4 is 12.0 Å². The van der Waals surface area contributed by atoms with Gasteiger partial charge in [-0.25, -0.2) is 0 Å². The van der Waals surface area contributed by atoms with E-state index in [-0.39, 0.29) is 17.8 Å². The summed E-state index contributed by atoms with van der Waals surface area (Å²) >= 11 is 0. The first-order chi connectivity index (χ1) is 18.7. The molecule has 4 rings (SSSR count). The third-order valence-electron chi connectivity index (χ3n) is 8.92. The van der Waals surface area contributed by atoms with Gasteiger partial charge in [-0.05, 0) is 84.0 Å². The Morgan fingerprint density at radius 1 is 0.923 bits per heavy atom. The van der Waals surface area contributed by atoms with Crippen molar-refractivity contribution in [1.29, 1.82) is 0 Å². The number of ether oxygens (including phenoxy) is 1. The number of esters is 1. The molecule has 0 aliphatic heterocycles. The lowest BCUT2D eigenvalue weighted by Gasteiger charge is -2.34. The molecule has 0 aromatic heterocycles. The summed E-state index contributed by atoms with van der Waals surface area (Å²) in [4.78, 5) is 11.8. The summed E-state index contributed by atoms with van der Waals surface area (Å²) in [5, 5.41) is 10.9. The second-order valence-corrected chi connectivity index (χ2v) is 11.3. The summed E-state index contributed by atoms with van der Waals surface area (Å²) in [6.07, 6.45) is 11.6. The van der Waals surface area contributed by atoms with E-state index in [4.69, 9.17) is 4.74 Å². The van der Waals surface area contributed by atoms with Crippen LogP contribution in [0.4, 0.5) is 0 Å². The zero-order chi connectivity index (χ0) is 28.0. The lowest BCUT2D eigenvalue weighted by atomic mass is 9.69. The highest BCUT2D eigenvalue weighted by atomic mass is 16.5. The van der Waals surface area contributed by atoms with Crippen LogP contribution in [0.3, 0.4) is 0 Å². The smallest absolute Gasteiger partial charge is 0.309 e. The molecular weight excluding hydrogens is 480 g/mol. The lowest BCUT2D eigenvalue weighted by Crippen LogP contribution is -2.28. The second kappa shape index (κ2) is 12.3. The molecule has 39 heavy (non-hydrogen) atoms. The van der Waals surface area contributed by atoms with E-state index >= 15 is 0 Å². The van der Waals surface area contributed by atoms with E-state index in [9.17, 15) is 9.90 Å². The van der Waals surface area contributed by atoms with Gasteiger partial charge in [0.2, 0.25) is 0 Å². The molecule has 0 atom stereocenters. The Morgan fingerprint density at radius 2 is 1.59 bits per heavy atom. The number of rotatable bonds is 9. The van der Waals surface area contributed by atoms with Gasteiger partial charge in [0.05, 0.1) is 19.1 Å². The molecule has 1 N–H and O–H groups in total. The molecule has 0 bridgehead atoms. The van der Waals surface area contributed by atoms with Crippen molar-refractivity contribution < 1.29 is 14.6 Å². The van der Waals surface area contributed by atoms with E-state index < -0.39 is 5.60 Å². The van der Waals surface area contributed by atoms with E-state index in [1.54, 1.807) is 0 Å². The molecule has 0 heterocycles. The Kier molecular flexibility index (Phi) is 9.12. The summed E-state index contributed by atoms with van der Waals surface area (Å²) < 4.78 is 4.85. The van der Waals surface area contributed by atoms with Gasteiger partial charge >= 0.3 is 5.97 Å². The normalized spacial score (nSPS) is 15.4. The largest absolute Gasteiger partial charge is 0.469 e. The van der Waals surface area contributed by atoms with Gasteiger partial charge in [-0.1, -0.05) is 106 Å². The van der Waals surface area contributed by atoms with Gasteiger partial charge in [0.1, 0.15) is 0 Å². The molecule has 3 nitrogen and oxygen atoms in total. The SMILES string of the molecule is CCC(CC)(c1ccc(/C=C/C2(O)CCCCC2)c(C)c1)c1ccc(-c2cccc(CC(=O)OC)c2)c(C)c1. The molecule has 3 aromatic rings. The van der Waals surface area contributed by atoms with Crippen molar-refractivity contribution in [1.82, 2.24) is 0 Å². The minimum absolute atomic E-state index is 0.0788. The number of carbonyl (C=O) groups is 1.